The van der Waals surface area contributed by atoms with Gasteiger partial charge in [0.05, 0.1) is 5.41 Å². The third-order valence-corrected chi connectivity index (χ3v) is 6.30. The van der Waals surface area contributed by atoms with E-state index < -0.39 is 11.3 Å². The predicted octanol–water partition coefficient (Wildman–Crippen LogP) is 4.62. The standard InChI is InChI=1S/C22H22BrClN2O2/c1-13(2)18-10-21(28)26-11-19(14-4-3-5-16(24)8-14)22(18,12-27)17-7-6-15(23)9-20(17)25/h3-9,12,18-19H,1,10-11,25H2,2H3,(H,26,28)/t18-,19+,22+/m0/s1. The van der Waals surface area contributed by atoms with Crippen molar-refractivity contribution in [2.75, 3.05) is 12.3 Å². The van der Waals surface area contributed by atoms with Crippen LogP contribution in [0.5, 0.6) is 0 Å². The van der Waals surface area contributed by atoms with Crippen molar-refractivity contribution in [1.82, 2.24) is 5.32 Å². The van der Waals surface area contributed by atoms with Crippen LogP contribution in [0.3, 0.4) is 0 Å². The number of benzene rings is 2. The molecular formula is C22H22BrClN2O2. The molecule has 0 aromatic heterocycles. The van der Waals surface area contributed by atoms with E-state index in [1.165, 1.54) is 0 Å². The molecule has 3 N–H and O–H groups in total. The number of rotatable bonds is 4. The van der Waals surface area contributed by atoms with Gasteiger partial charge in [-0.3, -0.25) is 4.79 Å². The van der Waals surface area contributed by atoms with Crippen molar-refractivity contribution >= 4 is 45.4 Å². The molecule has 1 fully saturated rings. The van der Waals surface area contributed by atoms with Crippen LogP contribution in [-0.4, -0.2) is 18.7 Å². The zero-order valence-electron chi connectivity index (χ0n) is 15.5. The topological polar surface area (TPSA) is 72.2 Å². The molecule has 1 aliphatic rings. The molecule has 28 heavy (non-hydrogen) atoms. The van der Waals surface area contributed by atoms with Crippen molar-refractivity contribution in [1.29, 1.82) is 0 Å². The average Bonchev–Trinajstić information content (AvgIpc) is 2.79. The number of hydrogen-bond donors (Lipinski definition) is 2. The number of hydrogen-bond acceptors (Lipinski definition) is 3. The molecule has 3 atom stereocenters. The second kappa shape index (κ2) is 8.10. The van der Waals surface area contributed by atoms with E-state index in [0.29, 0.717) is 22.8 Å². The number of nitrogens with one attached hydrogen (secondary N) is 1. The van der Waals surface area contributed by atoms with Crippen molar-refractivity contribution in [3.63, 3.8) is 0 Å². The van der Waals surface area contributed by atoms with Gasteiger partial charge in [-0.1, -0.05) is 57.9 Å². The van der Waals surface area contributed by atoms with Gasteiger partial charge in [0, 0.05) is 40.0 Å². The van der Waals surface area contributed by atoms with Gasteiger partial charge in [0.1, 0.15) is 6.29 Å². The van der Waals surface area contributed by atoms with Gasteiger partial charge in [0.15, 0.2) is 0 Å². The lowest BCUT2D eigenvalue weighted by Gasteiger charge is -2.42. The number of aldehydes is 1. The maximum absolute atomic E-state index is 12.9. The molecule has 6 heteroatoms. The molecule has 146 valence electrons. The Hall–Kier alpha value is -2.11. The maximum atomic E-state index is 12.9. The molecule has 0 spiro atoms. The Kier molecular flexibility index (Phi) is 5.96. The van der Waals surface area contributed by atoms with E-state index in [4.69, 9.17) is 17.3 Å². The quantitative estimate of drug-likeness (QED) is 0.396. The SMILES string of the molecule is C=C(C)[C@@H]1CC(=O)NC[C@H](c2cccc(Cl)c2)[C@]1(C=O)c1ccc(Br)cc1N. The minimum absolute atomic E-state index is 0.112. The van der Waals surface area contributed by atoms with Crippen LogP contribution in [0.4, 0.5) is 5.69 Å². The molecule has 1 saturated heterocycles. The highest BCUT2D eigenvalue weighted by Gasteiger charge is 2.51. The van der Waals surface area contributed by atoms with E-state index >= 15 is 0 Å². The van der Waals surface area contributed by atoms with Gasteiger partial charge in [-0.2, -0.15) is 0 Å². The van der Waals surface area contributed by atoms with Crippen molar-refractivity contribution in [2.24, 2.45) is 5.92 Å². The first-order valence-corrected chi connectivity index (χ1v) is 10.2. The molecule has 1 aliphatic heterocycles. The highest BCUT2D eigenvalue weighted by Crippen LogP contribution is 2.50. The molecule has 4 nitrogen and oxygen atoms in total. The molecule has 1 heterocycles. The molecule has 1 amide bonds. The van der Waals surface area contributed by atoms with E-state index in [9.17, 15) is 9.59 Å². The summed E-state index contributed by atoms with van der Waals surface area (Å²) in [6.45, 7) is 6.26. The number of allylic oxidation sites excluding steroid dienone is 1. The van der Waals surface area contributed by atoms with E-state index in [1.54, 1.807) is 12.1 Å². The lowest BCUT2D eigenvalue weighted by Crippen LogP contribution is -2.45. The summed E-state index contributed by atoms with van der Waals surface area (Å²) in [6.07, 6.45) is 1.11. The normalized spacial score (nSPS) is 24.9. The van der Waals surface area contributed by atoms with Gasteiger partial charge >= 0.3 is 0 Å². The van der Waals surface area contributed by atoms with Crippen LogP contribution in [0.1, 0.15) is 30.4 Å². The number of nitrogens with two attached hydrogens (primary N) is 1. The molecule has 0 bridgehead atoms. The van der Waals surface area contributed by atoms with Crippen LogP contribution in [0.15, 0.2) is 59.1 Å². The number of carbonyl (C=O) groups is 2. The molecule has 2 aromatic rings. The fourth-order valence-corrected chi connectivity index (χ4v) is 4.86. The molecular weight excluding hydrogens is 440 g/mol. The molecule has 3 rings (SSSR count). The Morgan fingerprint density at radius 2 is 2.11 bits per heavy atom. The Bertz CT molecular complexity index is 946. The van der Waals surface area contributed by atoms with Crippen molar-refractivity contribution in [2.45, 2.75) is 24.7 Å². The summed E-state index contributed by atoms with van der Waals surface area (Å²) >= 11 is 9.67. The van der Waals surface area contributed by atoms with Crippen LogP contribution in [0.2, 0.25) is 5.02 Å². The number of amides is 1. The fraction of sp³-hybridized carbons (Fsp3) is 0.273. The van der Waals surface area contributed by atoms with Gasteiger partial charge in [0.2, 0.25) is 5.91 Å². The summed E-state index contributed by atoms with van der Waals surface area (Å²) in [5.74, 6) is -0.861. The monoisotopic (exact) mass is 460 g/mol. The zero-order valence-corrected chi connectivity index (χ0v) is 17.9. The summed E-state index contributed by atoms with van der Waals surface area (Å²) in [6, 6.07) is 12.9. The first-order valence-electron chi connectivity index (χ1n) is 8.99. The Morgan fingerprint density at radius 3 is 2.71 bits per heavy atom. The lowest BCUT2D eigenvalue weighted by molar-refractivity contribution is -0.121. The Morgan fingerprint density at radius 1 is 1.36 bits per heavy atom. The van der Waals surface area contributed by atoms with Gasteiger partial charge in [-0.05, 0) is 42.3 Å². The Labute approximate surface area is 178 Å². The zero-order chi connectivity index (χ0) is 20.5. The first-order chi connectivity index (χ1) is 13.3. The minimum atomic E-state index is -1.06. The van der Waals surface area contributed by atoms with Crippen LogP contribution in [0, 0.1) is 5.92 Å². The van der Waals surface area contributed by atoms with Crippen molar-refractivity contribution < 1.29 is 9.59 Å². The summed E-state index contributed by atoms with van der Waals surface area (Å²) < 4.78 is 0.823. The average molecular weight is 462 g/mol. The van der Waals surface area contributed by atoms with E-state index in [1.807, 2.05) is 37.3 Å². The van der Waals surface area contributed by atoms with Gasteiger partial charge in [-0.15, -0.1) is 0 Å². The van der Waals surface area contributed by atoms with Crippen LogP contribution < -0.4 is 11.1 Å². The third-order valence-electron chi connectivity index (χ3n) is 5.57. The summed E-state index contributed by atoms with van der Waals surface area (Å²) in [5, 5.41) is 3.53. The second-order valence-corrected chi connectivity index (χ2v) is 8.65. The number of anilines is 1. The largest absolute Gasteiger partial charge is 0.398 e. The third kappa shape index (κ3) is 3.61. The Balaban J connectivity index is 2.34. The summed E-state index contributed by atoms with van der Waals surface area (Å²) in [7, 11) is 0. The first kappa shape index (κ1) is 20.6. The highest BCUT2D eigenvalue weighted by molar-refractivity contribution is 9.10. The molecule has 0 radical (unpaired) electrons. The van der Waals surface area contributed by atoms with Crippen LogP contribution in [-0.2, 0) is 15.0 Å². The number of nitrogen functional groups attached to an aromatic ring is 1. The van der Waals surface area contributed by atoms with E-state index in [0.717, 1.165) is 21.9 Å². The van der Waals surface area contributed by atoms with E-state index in [-0.39, 0.29) is 18.2 Å². The highest BCUT2D eigenvalue weighted by atomic mass is 79.9. The van der Waals surface area contributed by atoms with Gasteiger partial charge in [0.25, 0.3) is 0 Å². The summed E-state index contributed by atoms with van der Waals surface area (Å²) in [4.78, 5) is 25.4. The van der Waals surface area contributed by atoms with E-state index in [2.05, 4.69) is 27.8 Å². The predicted molar refractivity (Wildman–Crippen MR) is 116 cm³/mol. The maximum Gasteiger partial charge on any atom is 0.220 e. The van der Waals surface area contributed by atoms with Crippen molar-refractivity contribution in [3.8, 4) is 0 Å². The molecule has 0 saturated carbocycles. The lowest BCUT2D eigenvalue weighted by atomic mass is 9.59. The molecule has 0 unspecified atom stereocenters. The van der Waals surface area contributed by atoms with Crippen molar-refractivity contribution in [3.05, 3.63) is 75.2 Å². The number of carbonyl (C=O) groups excluding carboxylic acids is 2. The van der Waals surface area contributed by atoms with Gasteiger partial charge < -0.3 is 15.8 Å². The molecule has 0 aliphatic carbocycles. The van der Waals surface area contributed by atoms with Crippen LogP contribution >= 0.6 is 27.5 Å². The second-order valence-electron chi connectivity index (χ2n) is 7.30. The van der Waals surface area contributed by atoms with Crippen LogP contribution in [0.25, 0.3) is 0 Å². The number of halogens is 2. The summed E-state index contributed by atoms with van der Waals surface area (Å²) in [5.41, 5.74) is 8.15. The smallest absolute Gasteiger partial charge is 0.220 e. The van der Waals surface area contributed by atoms with Gasteiger partial charge in [-0.25, -0.2) is 0 Å². The fourth-order valence-electron chi connectivity index (χ4n) is 4.28. The minimum Gasteiger partial charge on any atom is -0.398 e. The molecule has 2 aromatic carbocycles.